The van der Waals surface area contributed by atoms with E-state index in [2.05, 4.69) is 13.8 Å². The third-order valence-electron chi connectivity index (χ3n) is 4.28. The summed E-state index contributed by atoms with van der Waals surface area (Å²) >= 11 is 5.96. The summed E-state index contributed by atoms with van der Waals surface area (Å²) in [5.74, 6) is -0.131. The Labute approximate surface area is 149 Å². The van der Waals surface area contributed by atoms with Crippen molar-refractivity contribution < 1.29 is 9.53 Å². The second-order valence-corrected chi connectivity index (χ2v) is 7.17. The van der Waals surface area contributed by atoms with Crippen molar-refractivity contribution in [2.24, 2.45) is 0 Å². The third kappa shape index (κ3) is 17.9. The largest absolute Gasteiger partial charge is 0.446 e. The van der Waals surface area contributed by atoms with E-state index in [0.29, 0.717) is 6.42 Å². The Hall–Kier alpha value is -0.240. The summed E-state index contributed by atoms with van der Waals surface area (Å²) in [4.78, 5) is 11.6. The fourth-order valence-electron chi connectivity index (χ4n) is 2.74. The van der Waals surface area contributed by atoms with Crippen LogP contribution in [0.1, 0.15) is 117 Å². The number of rotatable bonds is 17. The van der Waals surface area contributed by atoms with Crippen molar-refractivity contribution in [3.63, 3.8) is 0 Å². The molecule has 0 aliphatic carbocycles. The Morgan fingerprint density at radius 3 is 1.65 bits per heavy atom. The first-order valence-electron chi connectivity index (χ1n) is 10.0. The van der Waals surface area contributed by atoms with Crippen LogP contribution in [0.3, 0.4) is 0 Å². The Morgan fingerprint density at radius 2 is 1.17 bits per heavy atom. The lowest BCUT2D eigenvalue weighted by Crippen LogP contribution is -2.12. The first-order valence-corrected chi connectivity index (χ1v) is 10.5. The summed E-state index contributed by atoms with van der Waals surface area (Å²) in [5, 5.41) is 0. The third-order valence-corrected chi connectivity index (χ3v) is 4.59. The molecule has 0 aromatic carbocycles. The highest BCUT2D eigenvalue weighted by atomic mass is 35.5. The molecule has 0 N–H and O–H groups in total. The van der Waals surface area contributed by atoms with E-state index >= 15 is 0 Å². The summed E-state index contributed by atoms with van der Waals surface area (Å²) in [6.07, 6.45) is 19.1. The zero-order chi connectivity index (χ0) is 17.2. The maximum Gasteiger partial charge on any atom is 0.307 e. The normalized spacial score (nSPS) is 12.3. The van der Waals surface area contributed by atoms with Crippen molar-refractivity contribution in [2.75, 3.05) is 0 Å². The van der Waals surface area contributed by atoms with Gasteiger partial charge in [0.2, 0.25) is 0 Å². The fourth-order valence-corrected chi connectivity index (χ4v) is 2.99. The number of carbonyl (C=O) groups is 1. The molecule has 0 spiro atoms. The molecular weight excluding hydrogens is 308 g/mol. The molecule has 0 saturated heterocycles. The number of alkyl halides is 1. The number of hydrogen-bond acceptors (Lipinski definition) is 2. The SMILES string of the molecule is CCCCCCCCCCCCCCC(=O)OC(Cl)CCCC. The lowest BCUT2D eigenvalue weighted by Gasteiger charge is -2.10. The highest BCUT2D eigenvalue weighted by molar-refractivity contribution is 6.20. The predicted octanol–water partition coefficient (Wildman–Crippen LogP) is 7.38. The molecule has 0 rings (SSSR count). The molecule has 0 fully saturated rings. The van der Waals surface area contributed by atoms with Gasteiger partial charge in [-0.15, -0.1) is 0 Å². The van der Waals surface area contributed by atoms with Gasteiger partial charge < -0.3 is 4.74 Å². The topological polar surface area (TPSA) is 26.3 Å². The number of carbonyl (C=O) groups excluding carboxylic acids is 1. The lowest BCUT2D eigenvalue weighted by molar-refractivity contribution is -0.145. The first kappa shape index (κ1) is 22.8. The highest BCUT2D eigenvalue weighted by Crippen LogP contribution is 2.14. The maximum absolute atomic E-state index is 11.6. The molecule has 0 aliphatic rings. The molecule has 0 heterocycles. The number of esters is 1. The molecule has 138 valence electrons. The van der Waals surface area contributed by atoms with Gasteiger partial charge >= 0.3 is 5.97 Å². The maximum atomic E-state index is 11.6. The summed E-state index contributed by atoms with van der Waals surface area (Å²) in [6, 6.07) is 0. The highest BCUT2D eigenvalue weighted by Gasteiger charge is 2.10. The Kier molecular flexibility index (Phi) is 17.9. The van der Waals surface area contributed by atoms with E-state index in [0.717, 1.165) is 32.1 Å². The van der Waals surface area contributed by atoms with Crippen LogP contribution < -0.4 is 0 Å². The summed E-state index contributed by atoms with van der Waals surface area (Å²) in [7, 11) is 0. The van der Waals surface area contributed by atoms with Crippen molar-refractivity contribution in [1.82, 2.24) is 0 Å². The zero-order valence-electron chi connectivity index (χ0n) is 15.6. The van der Waals surface area contributed by atoms with Crippen molar-refractivity contribution in [1.29, 1.82) is 0 Å². The smallest absolute Gasteiger partial charge is 0.307 e. The molecule has 23 heavy (non-hydrogen) atoms. The number of hydrogen-bond donors (Lipinski definition) is 0. The van der Waals surface area contributed by atoms with E-state index in [1.807, 2.05) is 0 Å². The molecule has 2 nitrogen and oxygen atoms in total. The van der Waals surface area contributed by atoms with Gasteiger partial charge in [0.1, 0.15) is 0 Å². The van der Waals surface area contributed by atoms with Gasteiger partial charge in [0.15, 0.2) is 5.56 Å². The van der Waals surface area contributed by atoms with Crippen LogP contribution in [-0.2, 0) is 9.53 Å². The summed E-state index contributed by atoms with van der Waals surface area (Å²) in [6.45, 7) is 4.37. The van der Waals surface area contributed by atoms with Crippen LogP contribution in [0.5, 0.6) is 0 Å². The van der Waals surface area contributed by atoms with Gasteiger partial charge in [-0.05, 0) is 19.3 Å². The number of ether oxygens (including phenoxy) is 1. The second-order valence-electron chi connectivity index (χ2n) is 6.68. The molecule has 0 aliphatic heterocycles. The van der Waals surface area contributed by atoms with Crippen molar-refractivity contribution in [3.8, 4) is 0 Å². The van der Waals surface area contributed by atoms with Crippen LogP contribution in [-0.4, -0.2) is 11.5 Å². The van der Waals surface area contributed by atoms with Crippen LogP contribution >= 0.6 is 11.6 Å². The molecular formula is C20H39ClO2. The summed E-state index contributed by atoms with van der Waals surface area (Å²) < 4.78 is 5.18. The van der Waals surface area contributed by atoms with Gasteiger partial charge in [0.05, 0.1) is 0 Å². The van der Waals surface area contributed by atoms with E-state index in [4.69, 9.17) is 16.3 Å². The predicted molar refractivity (Wildman–Crippen MR) is 101 cm³/mol. The number of unbranched alkanes of at least 4 members (excludes halogenated alkanes) is 12. The molecule has 3 heteroatoms. The molecule has 1 atom stereocenters. The molecule has 0 saturated carbocycles. The molecule has 0 amide bonds. The van der Waals surface area contributed by atoms with Crippen LogP contribution in [0.25, 0.3) is 0 Å². The van der Waals surface area contributed by atoms with Gasteiger partial charge in [0.25, 0.3) is 0 Å². The lowest BCUT2D eigenvalue weighted by atomic mass is 10.0. The Balaban J connectivity index is 3.21. The molecule has 1 unspecified atom stereocenters. The monoisotopic (exact) mass is 346 g/mol. The quantitative estimate of drug-likeness (QED) is 0.156. The first-order chi connectivity index (χ1) is 11.2. The van der Waals surface area contributed by atoms with Crippen molar-refractivity contribution in [2.45, 2.75) is 122 Å². The second kappa shape index (κ2) is 18.1. The van der Waals surface area contributed by atoms with Gasteiger partial charge in [0, 0.05) is 6.42 Å². The van der Waals surface area contributed by atoms with Gasteiger partial charge in [-0.25, -0.2) is 0 Å². The molecule has 0 bridgehead atoms. The Bertz CT molecular complexity index is 256. The number of halogens is 1. The van der Waals surface area contributed by atoms with E-state index in [1.165, 1.54) is 64.2 Å². The van der Waals surface area contributed by atoms with Gasteiger partial charge in [-0.3, -0.25) is 4.79 Å². The summed E-state index contributed by atoms with van der Waals surface area (Å²) in [5.41, 5.74) is -0.431. The van der Waals surface area contributed by atoms with Crippen molar-refractivity contribution >= 4 is 17.6 Å². The van der Waals surface area contributed by atoms with E-state index in [9.17, 15) is 4.79 Å². The molecule has 0 radical (unpaired) electrons. The fraction of sp³-hybridized carbons (Fsp3) is 0.950. The van der Waals surface area contributed by atoms with Gasteiger partial charge in [-0.1, -0.05) is 102 Å². The van der Waals surface area contributed by atoms with Crippen LogP contribution in [0.2, 0.25) is 0 Å². The minimum Gasteiger partial charge on any atom is -0.446 e. The van der Waals surface area contributed by atoms with E-state index < -0.39 is 5.56 Å². The minimum absolute atomic E-state index is 0.131. The Morgan fingerprint density at radius 1 is 0.739 bits per heavy atom. The van der Waals surface area contributed by atoms with E-state index in [1.54, 1.807) is 0 Å². The van der Waals surface area contributed by atoms with Crippen molar-refractivity contribution in [3.05, 3.63) is 0 Å². The standard InChI is InChI=1S/C20H39ClO2/c1-3-5-7-8-9-10-11-12-13-14-15-16-18-20(22)23-19(21)17-6-4-2/h19H,3-18H2,1-2H3. The van der Waals surface area contributed by atoms with Crippen LogP contribution in [0, 0.1) is 0 Å². The zero-order valence-corrected chi connectivity index (χ0v) is 16.3. The van der Waals surface area contributed by atoms with Crippen LogP contribution in [0.15, 0.2) is 0 Å². The minimum atomic E-state index is -0.431. The molecule has 0 aromatic heterocycles. The molecule has 0 aromatic rings. The van der Waals surface area contributed by atoms with E-state index in [-0.39, 0.29) is 5.97 Å². The average molecular weight is 347 g/mol. The average Bonchev–Trinajstić information content (AvgIpc) is 2.54. The van der Waals surface area contributed by atoms with Gasteiger partial charge in [-0.2, -0.15) is 0 Å². The van der Waals surface area contributed by atoms with Crippen LogP contribution in [0.4, 0.5) is 0 Å².